The van der Waals surface area contributed by atoms with E-state index in [0.29, 0.717) is 5.71 Å². The number of rotatable bonds is 4. The number of furan rings is 1. The van der Waals surface area contributed by atoms with E-state index >= 15 is 0 Å². The van der Waals surface area contributed by atoms with E-state index in [4.69, 9.17) is 14.4 Å². The smallest absolute Gasteiger partial charge is 0.227 e. The van der Waals surface area contributed by atoms with Crippen LogP contribution in [-0.2, 0) is 6.42 Å². The van der Waals surface area contributed by atoms with Gasteiger partial charge in [0.1, 0.15) is 5.58 Å². The van der Waals surface area contributed by atoms with Crippen LogP contribution in [0.2, 0.25) is 0 Å². The Balaban J connectivity index is 1.43. The summed E-state index contributed by atoms with van der Waals surface area (Å²) < 4.78 is 6.32. The van der Waals surface area contributed by atoms with Gasteiger partial charge in [-0.2, -0.15) is 0 Å². The van der Waals surface area contributed by atoms with Gasteiger partial charge in [0.25, 0.3) is 0 Å². The lowest BCUT2D eigenvalue weighted by Gasteiger charge is -2.08. The van der Waals surface area contributed by atoms with Gasteiger partial charge in [-0.3, -0.25) is 4.98 Å². The molecule has 3 aromatic heterocycles. The predicted octanol–water partition coefficient (Wildman–Crippen LogP) is 7.61. The third-order valence-electron chi connectivity index (χ3n) is 6.12. The second kappa shape index (κ2) is 8.03. The maximum atomic E-state index is 6.32. The lowest BCUT2D eigenvalue weighted by atomic mass is 10.00. The minimum atomic E-state index is 0.670. The fourth-order valence-corrected chi connectivity index (χ4v) is 4.45. The molecule has 0 fully saturated rings. The van der Waals surface area contributed by atoms with E-state index in [1.165, 1.54) is 16.7 Å². The minimum absolute atomic E-state index is 0.670. The van der Waals surface area contributed by atoms with E-state index in [0.717, 1.165) is 45.3 Å². The summed E-state index contributed by atoms with van der Waals surface area (Å²) in [6, 6.07) is 33.3. The highest BCUT2D eigenvalue weighted by Gasteiger charge is 2.15. The average Bonchev–Trinajstić information content (AvgIpc) is 3.23. The number of hydrogen-bond donors (Lipinski definition) is 0. The van der Waals surface area contributed by atoms with Gasteiger partial charge in [0, 0.05) is 40.2 Å². The number of hydrogen-bond acceptors (Lipinski definition) is 3. The summed E-state index contributed by atoms with van der Waals surface area (Å²) in [4.78, 5) is 9.63. The van der Waals surface area contributed by atoms with Crippen LogP contribution in [0, 0.1) is 6.92 Å². The number of aromatic nitrogens is 2. The highest BCUT2D eigenvalue weighted by molar-refractivity contribution is 6.08. The van der Waals surface area contributed by atoms with E-state index in [1.54, 1.807) is 0 Å². The molecule has 0 aliphatic heterocycles. The summed E-state index contributed by atoms with van der Waals surface area (Å²) in [6.07, 6.45) is 2.74. The highest BCUT2D eigenvalue weighted by Crippen LogP contribution is 2.36. The lowest BCUT2D eigenvalue weighted by Crippen LogP contribution is -1.91. The zero-order valence-corrected chi connectivity index (χ0v) is 18.3. The molecule has 0 aliphatic carbocycles. The Kier molecular flexibility index (Phi) is 4.73. The minimum Gasteiger partial charge on any atom is -0.437 e. The second-order valence-corrected chi connectivity index (χ2v) is 8.35. The molecule has 0 unspecified atom stereocenters. The van der Waals surface area contributed by atoms with Crippen molar-refractivity contribution in [1.82, 2.24) is 9.97 Å². The first-order valence-electron chi connectivity index (χ1n) is 11.1. The molecule has 3 heteroatoms. The van der Waals surface area contributed by atoms with Crippen LogP contribution < -0.4 is 0 Å². The zero-order chi connectivity index (χ0) is 22.2. The Bertz CT molecular complexity index is 1580. The first-order chi connectivity index (χ1) is 16.3. The maximum Gasteiger partial charge on any atom is 0.227 e. The monoisotopic (exact) mass is 426 g/mol. The lowest BCUT2D eigenvalue weighted by molar-refractivity contribution is 0.652. The van der Waals surface area contributed by atoms with Crippen LogP contribution in [0.4, 0.5) is 0 Å². The summed E-state index contributed by atoms with van der Waals surface area (Å²) in [5.74, 6) is 0. The molecular weight excluding hydrogens is 404 g/mol. The Morgan fingerprint density at radius 3 is 2.30 bits per heavy atom. The molecule has 0 radical (unpaired) electrons. The van der Waals surface area contributed by atoms with Gasteiger partial charge < -0.3 is 4.42 Å². The Hall–Kier alpha value is -4.24. The van der Waals surface area contributed by atoms with Crippen molar-refractivity contribution in [3.8, 4) is 22.4 Å². The molecule has 33 heavy (non-hydrogen) atoms. The van der Waals surface area contributed by atoms with Crippen LogP contribution >= 0.6 is 0 Å². The molecule has 0 bridgehead atoms. The zero-order valence-electron chi connectivity index (χ0n) is 18.3. The van der Waals surface area contributed by atoms with Crippen molar-refractivity contribution in [2.45, 2.75) is 13.3 Å². The van der Waals surface area contributed by atoms with Crippen LogP contribution in [0.25, 0.3) is 44.5 Å². The third kappa shape index (κ3) is 3.58. The quantitative estimate of drug-likeness (QED) is 0.291. The summed E-state index contributed by atoms with van der Waals surface area (Å²) in [7, 11) is 0. The SMILES string of the molecule is Cc1cc(-c2cccc3c2oc2nc(Cc4ccccc4)ccc23)ncc1-c1ccccc1. The van der Waals surface area contributed by atoms with E-state index in [-0.39, 0.29) is 0 Å². The summed E-state index contributed by atoms with van der Waals surface area (Å²) in [6.45, 7) is 2.13. The van der Waals surface area contributed by atoms with Gasteiger partial charge in [-0.1, -0.05) is 72.8 Å². The normalized spacial score (nSPS) is 11.3. The Morgan fingerprint density at radius 1 is 0.727 bits per heavy atom. The van der Waals surface area contributed by atoms with Crippen molar-refractivity contribution in [2.75, 3.05) is 0 Å². The van der Waals surface area contributed by atoms with E-state index in [2.05, 4.69) is 91.9 Å². The number of nitrogens with zero attached hydrogens (tertiary/aromatic N) is 2. The molecular formula is C30H22N2O. The van der Waals surface area contributed by atoms with Crippen molar-refractivity contribution in [3.05, 3.63) is 120 Å². The maximum absolute atomic E-state index is 6.32. The third-order valence-corrected chi connectivity index (χ3v) is 6.12. The van der Waals surface area contributed by atoms with E-state index < -0.39 is 0 Å². The molecule has 158 valence electrons. The molecule has 0 saturated carbocycles. The van der Waals surface area contributed by atoms with E-state index in [1.807, 2.05) is 18.3 Å². The molecule has 0 amide bonds. The second-order valence-electron chi connectivity index (χ2n) is 8.35. The first-order valence-corrected chi connectivity index (χ1v) is 11.1. The highest BCUT2D eigenvalue weighted by atomic mass is 16.3. The molecule has 3 aromatic carbocycles. The van der Waals surface area contributed by atoms with Crippen LogP contribution in [0.3, 0.4) is 0 Å². The summed E-state index contributed by atoms with van der Waals surface area (Å²) >= 11 is 0. The topological polar surface area (TPSA) is 38.9 Å². The van der Waals surface area contributed by atoms with Crippen molar-refractivity contribution >= 4 is 22.1 Å². The van der Waals surface area contributed by atoms with Crippen LogP contribution in [0.1, 0.15) is 16.8 Å². The molecule has 0 aliphatic rings. The van der Waals surface area contributed by atoms with Gasteiger partial charge in [0.15, 0.2) is 0 Å². The number of para-hydroxylation sites is 1. The molecule has 0 atom stereocenters. The predicted molar refractivity (Wildman–Crippen MR) is 134 cm³/mol. The number of aryl methyl sites for hydroxylation is 1. The average molecular weight is 427 g/mol. The Morgan fingerprint density at radius 2 is 1.52 bits per heavy atom. The van der Waals surface area contributed by atoms with Gasteiger partial charge >= 0.3 is 0 Å². The Labute approximate surface area is 192 Å². The molecule has 3 heterocycles. The molecule has 0 saturated heterocycles. The van der Waals surface area contributed by atoms with Crippen LogP contribution in [0.15, 0.2) is 108 Å². The van der Waals surface area contributed by atoms with E-state index in [9.17, 15) is 0 Å². The number of benzene rings is 3. The molecule has 6 aromatic rings. The van der Waals surface area contributed by atoms with Crippen molar-refractivity contribution in [1.29, 1.82) is 0 Å². The van der Waals surface area contributed by atoms with Crippen molar-refractivity contribution in [3.63, 3.8) is 0 Å². The molecule has 0 spiro atoms. The molecule has 6 rings (SSSR count). The number of pyridine rings is 2. The molecule has 0 N–H and O–H groups in total. The van der Waals surface area contributed by atoms with Gasteiger partial charge in [-0.15, -0.1) is 0 Å². The fourth-order valence-electron chi connectivity index (χ4n) is 4.45. The van der Waals surface area contributed by atoms with Gasteiger partial charge in [0.05, 0.1) is 5.69 Å². The number of fused-ring (bicyclic) bond motifs is 3. The fraction of sp³-hybridized carbons (Fsp3) is 0.0667. The standard InChI is InChI=1S/C30H22N2O/c1-20-17-28(31-19-27(20)22-11-6-3-7-12-22)26-14-8-13-24-25-16-15-23(32-30(25)33-29(24)26)18-21-9-4-2-5-10-21/h2-17,19H,18H2,1H3. The van der Waals surface area contributed by atoms with Crippen molar-refractivity contribution < 1.29 is 4.42 Å². The first kappa shape index (κ1) is 19.4. The largest absolute Gasteiger partial charge is 0.437 e. The van der Waals surface area contributed by atoms with Crippen LogP contribution in [-0.4, -0.2) is 9.97 Å². The van der Waals surface area contributed by atoms with Gasteiger partial charge in [-0.05, 0) is 47.9 Å². The van der Waals surface area contributed by atoms with Crippen LogP contribution in [0.5, 0.6) is 0 Å². The summed E-state index contributed by atoms with van der Waals surface area (Å²) in [5.41, 5.74) is 9.12. The van der Waals surface area contributed by atoms with Crippen molar-refractivity contribution in [2.24, 2.45) is 0 Å². The van der Waals surface area contributed by atoms with Gasteiger partial charge in [-0.25, -0.2) is 4.98 Å². The molecule has 3 nitrogen and oxygen atoms in total. The van der Waals surface area contributed by atoms with Gasteiger partial charge in [0.2, 0.25) is 5.71 Å². The summed E-state index contributed by atoms with van der Waals surface area (Å²) in [5, 5.41) is 2.09.